The van der Waals surface area contributed by atoms with E-state index in [4.69, 9.17) is 0 Å². The lowest BCUT2D eigenvalue weighted by Crippen LogP contribution is -2.20. The summed E-state index contributed by atoms with van der Waals surface area (Å²) in [6.07, 6.45) is 3.99. The molecule has 18 heavy (non-hydrogen) atoms. The summed E-state index contributed by atoms with van der Waals surface area (Å²) in [7, 11) is 1.87. The maximum atomic E-state index is 11.4. The van der Waals surface area contributed by atoms with Gasteiger partial charge in [-0.1, -0.05) is 0 Å². The Balaban J connectivity index is 2.20. The molecule has 0 bridgehead atoms. The Morgan fingerprint density at radius 1 is 1.22 bits per heavy atom. The van der Waals surface area contributed by atoms with Crippen LogP contribution in [-0.2, 0) is 4.79 Å². The third-order valence-corrected chi connectivity index (χ3v) is 3.06. The molecule has 0 N–H and O–H groups in total. The zero-order valence-electron chi connectivity index (χ0n) is 10.1. The van der Waals surface area contributed by atoms with E-state index in [1.807, 2.05) is 11.9 Å². The molecule has 1 aromatic rings. The first-order valence-electron chi connectivity index (χ1n) is 5.79. The normalized spacial score (nSPS) is 15.2. The number of carbonyl (C=O) groups excluding carboxylic acids is 1. The number of hydrogen-bond acceptors (Lipinski definition) is 4. The van der Waals surface area contributed by atoms with Crippen LogP contribution in [0.5, 0.6) is 0 Å². The van der Waals surface area contributed by atoms with Crippen molar-refractivity contribution in [2.75, 3.05) is 11.9 Å². The topological polar surface area (TPSA) is 63.5 Å². The number of nitrogens with zero attached hydrogens (tertiary/aromatic N) is 2. The van der Waals surface area contributed by atoms with Gasteiger partial charge in [0.1, 0.15) is 0 Å². The summed E-state index contributed by atoms with van der Waals surface area (Å²) in [5.41, 5.74) is 1.88. The van der Waals surface area contributed by atoms with Gasteiger partial charge in [0.05, 0.1) is 4.92 Å². The number of nitro benzene ring substituents is 1. The van der Waals surface area contributed by atoms with Crippen molar-refractivity contribution in [2.45, 2.75) is 19.3 Å². The van der Waals surface area contributed by atoms with Crippen LogP contribution in [0.4, 0.5) is 11.4 Å². The van der Waals surface area contributed by atoms with E-state index in [-0.39, 0.29) is 11.5 Å². The van der Waals surface area contributed by atoms with Crippen molar-refractivity contribution >= 4 is 17.2 Å². The number of non-ortho nitro benzene ring substituents is 1. The van der Waals surface area contributed by atoms with Crippen molar-refractivity contribution in [1.29, 1.82) is 0 Å². The molecule has 0 unspecified atom stereocenters. The Hall–Kier alpha value is -2.17. The fourth-order valence-corrected chi connectivity index (χ4v) is 2.00. The van der Waals surface area contributed by atoms with Gasteiger partial charge < -0.3 is 4.90 Å². The smallest absolute Gasteiger partial charge is 0.269 e. The Morgan fingerprint density at radius 3 is 2.44 bits per heavy atom. The predicted molar refractivity (Wildman–Crippen MR) is 68.4 cm³/mol. The second-order valence-corrected chi connectivity index (χ2v) is 4.29. The SMILES string of the molecule is CN(C1=CC(=O)CCC1)c1ccc([N+](=O)[O-])cc1. The maximum Gasteiger partial charge on any atom is 0.269 e. The summed E-state index contributed by atoms with van der Waals surface area (Å²) >= 11 is 0. The van der Waals surface area contributed by atoms with Gasteiger partial charge >= 0.3 is 0 Å². The minimum atomic E-state index is -0.423. The molecule has 2 rings (SSSR count). The summed E-state index contributed by atoms with van der Waals surface area (Å²) < 4.78 is 0. The number of rotatable bonds is 3. The van der Waals surface area contributed by atoms with Gasteiger partial charge in [-0.3, -0.25) is 14.9 Å². The van der Waals surface area contributed by atoms with Crippen LogP contribution in [0.3, 0.4) is 0 Å². The average Bonchev–Trinajstić information content (AvgIpc) is 2.38. The van der Waals surface area contributed by atoms with Crippen molar-refractivity contribution in [3.63, 3.8) is 0 Å². The van der Waals surface area contributed by atoms with Crippen LogP contribution in [0.2, 0.25) is 0 Å². The van der Waals surface area contributed by atoms with E-state index in [2.05, 4.69) is 0 Å². The van der Waals surface area contributed by atoms with E-state index in [0.717, 1.165) is 24.2 Å². The minimum absolute atomic E-state index is 0.0702. The highest BCUT2D eigenvalue weighted by molar-refractivity contribution is 5.91. The predicted octanol–water partition coefficient (Wildman–Crippen LogP) is 2.67. The molecule has 0 amide bonds. The van der Waals surface area contributed by atoms with Crippen LogP contribution >= 0.6 is 0 Å². The maximum absolute atomic E-state index is 11.4. The summed E-state index contributed by atoms with van der Waals surface area (Å²) in [6, 6.07) is 6.32. The average molecular weight is 246 g/mol. The van der Waals surface area contributed by atoms with Gasteiger partial charge in [0.15, 0.2) is 5.78 Å². The van der Waals surface area contributed by atoms with E-state index in [1.54, 1.807) is 18.2 Å². The summed E-state index contributed by atoms with van der Waals surface area (Å²) in [5.74, 6) is 0.144. The molecule has 0 radical (unpaired) electrons. The third-order valence-electron chi connectivity index (χ3n) is 3.06. The van der Waals surface area contributed by atoms with Gasteiger partial charge in [0, 0.05) is 43.1 Å². The van der Waals surface area contributed by atoms with Gasteiger partial charge in [0.25, 0.3) is 5.69 Å². The Bertz CT molecular complexity index is 505. The Kier molecular flexibility index (Phi) is 3.41. The van der Waals surface area contributed by atoms with E-state index in [0.29, 0.717) is 6.42 Å². The van der Waals surface area contributed by atoms with Crippen molar-refractivity contribution in [2.24, 2.45) is 0 Å². The van der Waals surface area contributed by atoms with Crippen molar-refractivity contribution in [3.05, 3.63) is 46.2 Å². The van der Waals surface area contributed by atoms with Crippen LogP contribution in [-0.4, -0.2) is 17.8 Å². The molecular weight excluding hydrogens is 232 g/mol. The standard InChI is InChI=1S/C13H14N2O3/c1-14(12-3-2-4-13(16)9-12)10-5-7-11(8-6-10)15(17)18/h5-9H,2-4H2,1H3. The van der Waals surface area contributed by atoms with Gasteiger partial charge in [-0.25, -0.2) is 0 Å². The molecular formula is C13H14N2O3. The molecule has 0 heterocycles. The molecule has 94 valence electrons. The largest absolute Gasteiger partial charge is 0.348 e. The second kappa shape index (κ2) is 5.00. The molecule has 5 heteroatoms. The van der Waals surface area contributed by atoms with Crippen LogP contribution in [0.15, 0.2) is 36.0 Å². The third kappa shape index (κ3) is 2.56. The monoisotopic (exact) mass is 246 g/mol. The highest BCUT2D eigenvalue weighted by Gasteiger charge is 2.15. The molecule has 1 aliphatic carbocycles. The Labute approximate surface area is 105 Å². The lowest BCUT2D eigenvalue weighted by molar-refractivity contribution is -0.384. The first kappa shape index (κ1) is 12.3. The zero-order chi connectivity index (χ0) is 13.1. The number of carbonyl (C=O) groups is 1. The molecule has 0 spiro atoms. The molecule has 1 aromatic carbocycles. The summed E-state index contributed by atoms with van der Waals surface area (Å²) in [4.78, 5) is 23.4. The van der Waals surface area contributed by atoms with Crippen molar-refractivity contribution in [1.82, 2.24) is 0 Å². The van der Waals surface area contributed by atoms with Crippen LogP contribution in [0.1, 0.15) is 19.3 Å². The van der Waals surface area contributed by atoms with E-state index in [9.17, 15) is 14.9 Å². The lowest BCUT2D eigenvalue weighted by atomic mass is 10.0. The first-order chi connectivity index (χ1) is 8.58. The fourth-order valence-electron chi connectivity index (χ4n) is 2.00. The minimum Gasteiger partial charge on any atom is -0.348 e. The van der Waals surface area contributed by atoms with Gasteiger partial charge in [-0.2, -0.15) is 0 Å². The molecule has 0 atom stereocenters. The van der Waals surface area contributed by atoms with Crippen molar-refractivity contribution in [3.8, 4) is 0 Å². The van der Waals surface area contributed by atoms with Gasteiger partial charge in [-0.05, 0) is 25.0 Å². The van der Waals surface area contributed by atoms with Crippen LogP contribution < -0.4 is 4.90 Å². The van der Waals surface area contributed by atoms with Crippen LogP contribution in [0.25, 0.3) is 0 Å². The molecule has 0 aliphatic heterocycles. The number of ketones is 1. The van der Waals surface area contributed by atoms with Crippen LogP contribution in [0, 0.1) is 10.1 Å². The Morgan fingerprint density at radius 2 is 1.89 bits per heavy atom. The number of benzene rings is 1. The number of hydrogen-bond donors (Lipinski definition) is 0. The molecule has 0 fully saturated rings. The molecule has 1 aliphatic rings. The highest BCUT2D eigenvalue weighted by Crippen LogP contribution is 2.25. The van der Waals surface area contributed by atoms with Gasteiger partial charge in [-0.15, -0.1) is 0 Å². The van der Waals surface area contributed by atoms with E-state index >= 15 is 0 Å². The first-order valence-corrected chi connectivity index (χ1v) is 5.79. The quantitative estimate of drug-likeness (QED) is 0.607. The second-order valence-electron chi connectivity index (χ2n) is 4.29. The molecule has 5 nitrogen and oxygen atoms in total. The molecule has 0 saturated carbocycles. The van der Waals surface area contributed by atoms with Crippen molar-refractivity contribution < 1.29 is 9.72 Å². The zero-order valence-corrected chi connectivity index (χ0v) is 10.1. The van der Waals surface area contributed by atoms with E-state index < -0.39 is 4.92 Å². The molecule has 0 aromatic heterocycles. The number of allylic oxidation sites excluding steroid dienone is 2. The number of anilines is 1. The number of nitro groups is 1. The van der Waals surface area contributed by atoms with Gasteiger partial charge in [0.2, 0.25) is 0 Å². The van der Waals surface area contributed by atoms with E-state index in [1.165, 1.54) is 12.1 Å². The fraction of sp³-hybridized carbons (Fsp3) is 0.308. The summed E-state index contributed by atoms with van der Waals surface area (Å²) in [5, 5.41) is 10.6. The highest BCUT2D eigenvalue weighted by atomic mass is 16.6. The summed E-state index contributed by atoms with van der Waals surface area (Å²) in [6.45, 7) is 0. The molecule has 0 saturated heterocycles. The lowest BCUT2D eigenvalue weighted by Gasteiger charge is -2.24.